The van der Waals surface area contributed by atoms with Crippen LogP contribution in [-0.4, -0.2) is 39.0 Å². The second-order valence-corrected chi connectivity index (χ2v) is 4.80. The minimum atomic E-state index is -0.911. The van der Waals surface area contributed by atoms with Gasteiger partial charge in [0.15, 0.2) is 0 Å². The molecule has 0 spiro atoms. The molecule has 1 aromatic heterocycles. The van der Waals surface area contributed by atoms with Crippen LogP contribution in [-0.2, 0) is 6.42 Å². The van der Waals surface area contributed by atoms with Crippen LogP contribution in [0.15, 0.2) is 12.4 Å². The molecule has 4 N–H and O–H groups in total. The molecule has 0 bridgehead atoms. The smallest absolute Gasteiger partial charge is 0.408 e. The van der Waals surface area contributed by atoms with Crippen molar-refractivity contribution in [2.24, 2.45) is 17.1 Å². The zero-order valence-corrected chi connectivity index (χ0v) is 8.76. The number of amides is 1. The summed E-state index contributed by atoms with van der Waals surface area (Å²) < 4.78 is 0. The predicted molar refractivity (Wildman–Crippen MR) is 55.5 cm³/mol. The van der Waals surface area contributed by atoms with E-state index in [2.05, 4.69) is 10.2 Å². The number of carboxylic acid groups (broad SMARTS) is 1. The van der Waals surface area contributed by atoms with Crippen molar-refractivity contribution in [1.29, 1.82) is 0 Å². The third-order valence-electron chi connectivity index (χ3n) is 3.96. The quantitative estimate of drug-likeness (QED) is 0.667. The maximum atomic E-state index is 11.0. The van der Waals surface area contributed by atoms with Gasteiger partial charge in [0, 0.05) is 18.2 Å². The lowest BCUT2D eigenvalue weighted by molar-refractivity contribution is 0.123. The van der Waals surface area contributed by atoms with Crippen molar-refractivity contribution in [3.05, 3.63) is 18.0 Å². The lowest BCUT2D eigenvalue weighted by Crippen LogP contribution is -2.47. The van der Waals surface area contributed by atoms with E-state index in [9.17, 15) is 4.79 Å². The Kier molecular flexibility index (Phi) is 1.79. The fourth-order valence-electron chi connectivity index (χ4n) is 2.94. The summed E-state index contributed by atoms with van der Waals surface area (Å²) in [4.78, 5) is 12.3. The third kappa shape index (κ3) is 1.16. The predicted octanol–water partition coefficient (Wildman–Crippen LogP) is 0.237. The molecule has 16 heavy (non-hydrogen) atoms. The first-order valence-electron chi connectivity index (χ1n) is 5.36. The Morgan fingerprint density at radius 3 is 3.19 bits per heavy atom. The van der Waals surface area contributed by atoms with Crippen molar-refractivity contribution in [3.63, 3.8) is 0 Å². The standard InChI is InChI=1S/C10H14N4O2/c11-8-10(1-6-3-12-13-4-6)2-7(10)5-14(8)9(15)16/h3-4,7-8H,1-2,5,11H2,(H,12,13)(H,15,16). The zero-order chi connectivity index (χ0) is 11.3. The fourth-order valence-corrected chi connectivity index (χ4v) is 2.94. The first-order chi connectivity index (χ1) is 7.63. The monoisotopic (exact) mass is 222 g/mol. The number of carbonyl (C=O) groups is 1. The van der Waals surface area contributed by atoms with E-state index >= 15 is 0 Å². The number of piperidine rings is 1. The summed E-state index contributed by atoms with van der Waals surface area (Å²) in [5.74, 6) is 0.425. The Hall–Kier alpha value is -1.56. The van der Waals surface area contributed by atoms with Crippen molar-refractivity contribution >= 4 is 6.09 Å². The summed E-state index contributed by atoms with van der Waals surface area (Å²) >= 11 is 0. The lowest BCUT2D eigenvalue weighted by Gasteiger charge is -2.26. The summed E-state index contributed by atoms with van der Waals surface area (Å²) in [5.41, 5.74) is 7.09. The lowest BCUT2D eigenvalue weighted by atomic mass is 9.95. The normalized spacial score (nSPS) is 36.2. The highest BCUT2D eigenvalue weighted by molar-refractivity contribution is 5.66. The van der Waals surface area contributed by atoms with Crippen LogP contribution in [0.2, 0.25) is 0 Å². The van der Waals surface area contributed by atoms with Crippen molar-refractivity contribution < 1.29 is 9.90 Å². The fraction of sp³-hybridized carbons (Fsp3) is 0.600. The number of nitrogens with zero attached hydrogens (tertiary/aromatic N) is 2. The highest BCUT2D eigenvalue weighted by atomic mass is 16.4. The number of nitrogens with one attached hydrogen (secondary N) is 1. The van der Waals surface area contributed by atoms with E-state index in [4.69, 9.17) is 10.8 Å². The first-order valence-corrected chi connectivity index (χ1v) is 5.36. The molecule has 3 unspecified atom stereocenters. The van der Waals surface area contributed by atoms with Crippen molar-refractivity contribution in [3.8, 4) is 0 Å². The molecule has 0 radical (unpaired) electrons. The Bertz CT molecular complexity index is 418. The highest BCUT2D eigenvalue weighted by Gasteiger charge is 2.65. The van der Waals surface area contributed by atoms with Crippen LogP contribution in [0.3, 0.4) is 0 Å². The number of H-pyrrole nitrogens is 1. The van der Waals surface area contributed by atoms with Crippen LogP contribution < -0.4 is 5.73 Å². The SMILES string of the molecule is NC1N(C(=O)O)CC2CC21Cc1cn[nH]c1. The Labute approximate surface area is 92.4 Å². The second-order valence-electron chi connectivity index (χ2n) is 4.80. The summed E-state index contributed by atoms with van der Waals surface area (Å²) in [5, 5.41) is 15.7. The number of hydrogen-bond donors (Lipinski definition) is 3. The van der Waals surface area contributed by atoms with E-state index in [0.29, 0.717) is 12.5 Å². The molecule has 2 aliphatic rings. The molecule has 1 amide bonds. The number of aromatic amines is 1. The molecule has 1 aromatic rings. The van der Waals surface area contributed by atoms with Gasteiger partial charge in [0.1, 0.15) is 0 Å². The Morgan fingerprint density at radius 2 is 2.62 bits per heavy atom. The van der Waals surface area contributed by atoms with Crippen molar-refractivity contribution in [2.45, 2.75) is 19.0 Å². The van der Waals surface area contributed by atoms with E-state index in [1.807, 2.05) is 6.20 Å². The van der Waals surface area contributed by atoms with E-state index in [-0.39, 0.29) is 11.6 Å². The molecule has 3 rings (SSSR count). The summed E-state index contributed by atoms with van der Waals surface area (Å²) in [6.45, 7) is 0.578. The molecular weight excluding hydrogens is 208 g/mol. The molecule has 1 aliphatic carbocycles. The second kappa shape index (κ2) is 2.98. The van der Waals surface area contributed by atoms with Gasteiger partial charge < -0.3 is 10.8 Å². The van der Waals surface area contributed by atoms with Gasteiger partial charge in [0.2, 0.25) is 0 Å². The Morgan fingerprint density at radius 1 is 1.81 bits per heavy atom. The molecule has 1 aliphatic heterocycles. The Balaban J connectivity index is 1.79. The van der Waals surface area contributed by atoms with Gasteiger partial charge in [-0.05, 0) is 24.3 Å². The van der Waals surface area contributed by atoms with Gasteiger partial charge in [-0.25, -0.2) is 4.79 Å². The van der Waals surface area contributed by atoms with Gasteiger partial charge in [0.25, 0.3) is 0 Å². The van der Waals surface area contributed by atoms with Crippen LogP contribution in [0.25, 0.3) is 0 Å². The third-order valence-corrected chi connectivity index (χ3v) is 3.96. The van der Waals surface area contributed by atoms with E-state index in [0.717, 1.165) is 18.4 Å². The number of likely N-dealkylation sites (tertiary alicyclic amines) is 1. The molecule has 86 valence electrons. The summed E-state index contributed by atoms with van der Waals surface area (Å²) in [6, 6.07) is 0. The number of aromatic nitrogens is 2. The summed E-state index contributed by atoms with van der Waals surface area (Å²) in [7, 11) is 0. The van der Waals surface area contributed by atoms with Crippen molar-refractivity contribution in [1.82, 2.24) is 15.1 Å². The number of rotatable bonds is 2. The highest BCUT2D eigenvalue weighted by Crippen LogP contribution is 2.61. The number of hydrogen-bond acceptors (Lipinski definition) is 3. The average molecular weight is 222 g/mol. The van der Waals surface area contributed by atoms with Crippen LogP contribution in [0.5, 0.6) is 0 Å². The molecule has 2 heterocycles. The average Bonchev–Trinajstić information content (AvgIpc) is 2.57. The number of nitrogens with two attached hydrogens (primary N) is 1. The molecule has 3 atom stereocenters. The minimum absolute atomic E-state index is 0.0394. The molecule has 6 heteroatoms. The zero-order valence-electron chi connectivity index (χ0n) is 8.76. The maximum Gasteiger partial charge on any atom is 0.408 e. The van der Waals surface area contributed by atoms with Crippen LogP contribution in [0, 0.1) is 11.3 Å². The molecular formula is C10H14N4O2. The van der Waals surface area contributed by atoms with Gasteiger partial charge >= 0.3 is 6.09 Å². The molecule has 1 saturated carbocycles. The van der Waals surface area contributed by atoms with E-state index < -0.39 is 6.09 Å². The van der Waals surface area contributed by atoms with Crippen LogP contribution in [0.1, 0.15) is 12.0 Å². The van der Waals surface area contributed by atoms with E-state index in [1.165, 1.54) is 4.90 Å². The largest absolute Gasteiger partial charge is 0.465 e. The van der Waals surface area contributed by atoms with Gasteiger partial charge in [0.05, 0.1) is 12.4 Å². The minimum Gasteiger partial charge on any atom is -0.465 e. The molecule has 6 nitrogen and oxygen atoms in total. The first kappa shape index (κ1) is 9.65. The van der Waals surface area contributed by atoms with Gasteiger partial charge in [-0.2, -0.15) is 5.10 Å². The van der Waals surface area contributed by atoms with Gasteiger partial charge in [-0.15, -0.1) is 0 Å². The topological polar surface area (TPSA) is 95.2 Å². The van der Waals surface area contributed by atoms with Crippen LogP contribution in [0.4, 0.5) is 4.79 Å². The molecule has 2 fully saturated rings. The maximum absolute atomic E-state index is 11.0. The van der Waals surface area contributed by atoms with Crippen LogP contribution >= 0.6 is 0 Å². The molecule has 0 aromatic carbocycles. The van der Waals surface area contributed by atoms with E-state index in [1.54, 1.807) is 6.20 Å². The van der Waals surface area contributed by atoms with Gasteiger partial charge in [-0.3, -0.25) is 10.00 Å². The van der Waals surface area contributed by atoms with Gasteiger partial charge in [-0.1, -0.05) is 0 Å². The number of fused-ring (bicyclic) bond motifs is 1. The molecule has 1 saturated heterocycles. The van der Waals surface area contributed by atoms with Crippen molar-refractivity contribution in [2.75, 3.05) is 6.54 Å². The summed E-state index contributed by atoms with van der Waals surface area (Å²) in [6.07, 6.45) is 4.19.